The number of alkyl halides is 3. The van der Waals surface area contributed by atoms with E-state index in [1.807, 2.05) is 0 Å². The molecule has 0 radical (unpaired) electrons. The molecule has 0 amide bonds. The van der Waals surface area contributed by atoms with E-state index in [4.69, 9.17) is 0 Å². The molecule has 5 nitrogen and oxygen atoms in total. The Morgan fingerprint density at radius 1 is 1.58 bits per heavy atom. The van der Waals surface area contributed by atoms with E-state index in [1.165, 1.54) is 13.8 Å². The summed E-state index contributed by atoms with van der Waals surface area (Å²) in [5.74, 6) is 0. The highest BCUT2D eigenvalue weighted by atomic mass is 32.1. The highest BCUT2D eigenvalue weighted by molar-refractivity contribution is 7.16. The average molecular weight is 298 g/mol. The third-order valence-corrected chi connectivity index (χ3v) is 3.72. The third kappa shape index (κ3) is 4.06. The zero-order chi connectivity index (χ0) is 14.8. The number of aliphatic hydroxyl groups excluding tert-OH is 1. The first kappa shape index (κ1) is 15.7. The molecule has 1 N–H and O–H groups in total. The molecule has 1 rings (SSSR count). The minimum absolute atomic E-state index is 0.0138. The van der Waals surface area contributed by atoms with E-state index >= 15 is 0 Å². The molecule has 1 heterocycles. The maximum Gasteiger partial charge on any atom is 0.405 e. The van der Waals surface area contributed by atoms with Crippen molar-refractivity contribution in [2.75, 3.05) is 18.0 Å². The maximum atomic E-state index is 12.4. The van der Waals surface area contributed by atoms with Gasteiger partial charge in [-0.15, -0.1) is 11.3 Å². The second-order valence-electron chi connectivity index (χ2n) is 3.90. The van der Waals surface area contributed by atoms with E-state index in [0.29, 0.717) is 0 Å². The number of nitrogens with zero attached hydrogens (tertiary/aromatic N) is 2. The summed E-state index contributed by atoms with van der Waals surface area (Å²) in [5, 5.41) is 20.2. The first-order valence-electron chi connectivity index (χ1n) is 5.43. The summed E-state index contributed by atoms with van der Waals surface area (Å²) < 4.78 is 37.3. The molecule has 108 valence electrons. The first-order chi connectivity index (χ1) is 8.65. The van der Waals surface area contributed by atoms with Gasteiger partial charge in [-0.2, -0.15) is 13.2 Å². The number of aliphatic hydroxyl groups is 1. The van der Waals surface area contributed by atoms with Crippen LogP contribution in [0.25, 0.3) is 0 Å². The number of hydrogen-bond acceptors (Lipinski definition) is 5. The summed E-state index contributed by atoms with van der Waals surface area (Å²) in [7, 11) is 0. The van der Waals surface area contributed by atoms with Crippen LogP contribution >= 0.6 is 11.3 Å². The third-order valence-electron chi connectivity index (χ3n) is 2.36. The molecule has 1 aromatic heterocycles. The molecule has 0 aromatic carbocycles. The Hall–Kier alpha value is -1.35. The van der Waals surface area contributed by atoms with Gasteiger partial charge in [0.2, 0.25) is 0 Å². The van der Waals surface area contributed by atoms with Gasteiger partial charge in [0, 0.05) is 17.5 Å². The minimum atomic E-state index is -4.45. The highest BCUT2D eigenvalue weighted by Gasteiger charge is 2.34. The van der Waals surface area contributed by atoms with E-state index in [2.05, 4.69) is 0 Å². The second kappa shape index (κ2) is 5.74. The van der Waals surface area contributed by atoms with Crippen LogP contribution in [0.5, 0.6) is 0 Å². The number of hydrogen-bond donors (Lipinski definition) is 1. The molecule has 0 saturated carbocycles. The van der Waals surface area contributed by atoms with Crippen molar-refractivity contribution in [1.82, 2.24) is 0 Å². The lowest BCUT2D eigenvalue weighted by Crippen LogP contribution is -2.33. The van der Waals surface area contributed by atoms with Gasteiger partial charge in [0.05, 0.1) is 11.0 Å². The molecule has 1 atom stereocenters. The second-order valence-corrected chi connectivity index (χ2v) is 4.96. The molecule has 0 spiro atoms. The Morgan fingerprint density at radius 3 is 2.53 bits per heavy atom. The van der Waals surface area contributed by atoms with Crippen molar-refractivity contribution in [3.05, 3.63) is 21.1 Å². The largest absolute Gasteiger partial charge is 0.405 e. The van der Waals surface area contributed by atoms with Crippen molar-refractivity contribution in [2.24, 2.45) is 0 Å². The quantitative estimate of drug-likeness (QED) is 0.670. The molecular weight excluding hydrogens is 285 g/mol. The van der Waals surface area contributed by atoms with Crippen LogP contribution in [0.3, 0.4) is 0 Å². The molecule has 0 aliphatic heterocycles. The van der Waals surface area contributed by atoms with Crippen LogP contribution in [0, 0.1) is 10.1 Å². The molecule has 0 saturated heterocycles. The number of halogens is 3. The van der Waals surface area contributed by atoms with Crippen molar-refractivity contribution in [2.45, 2.75) is 26.1 Å². The summed E-state index contributed by atoms with van der Waals surface area (Å²) in [6, 6.07) is 1.11. The predicted octanol–water partition coefficient (Wildman–Crippen LogP) is 3.10. The first-order valence-corrected chi connectivity index (χ1v) is 6.25. The molecular formula is C10H13F3N2O3S. The zero-order valence-electron chi connectivity index (χ0n) is 10.3. The summed E-state index contributed by atoms with van der Waals surface area (Å²) >= 11 is 0.804. The molecule has 0 unspecified atom stereocenters. The van der Waals surface area contributed by atoms with Gasteiger partial charge >= 0.3 is 11.9 Å². The van der Waals surface area contributed by atoms with E-state index < -0.39 is 29.4 Å². The molecule has 9 heteroatoms. The standard InChI is InChI=1S/C10H13F3N2O3S/c1-3-14(5-10(11,12)13)9-7(15(17)18)4-8(19-9)6(2)16/h4,6,16H,3,5H2,1-2H3/t6-/m1/s1. The Balaban J connectivity index is 3.18. The topological polar surface area (TPSA) is 66.6 Å². The van der Waals surface area contributed by atoms with Crippen LogP contribution in [0.1, 0.15) is 24.8 Å². The Labute approximate surface area is 111 Å². The SMILES string of the molecule is CCN(CC(F)(F)F)c1sc([C@@H](C)O)cc1[N+](=O)[O-]. The van der Waals surface area contributed by atoms with Gasteiger partial charge in [0.15, 0.2) is 5.00 Å². The van der Waals surface area contributed by atoms with Crippen molar-refractivity contribution < 1.29 is 23.2 Å². The summed E-state index contributed by atoms with van der Waals surface area (Å²) in [6.45, 7) is 1.61. The van der Waals surface area contributed by atoms with Crippen LogP contribution < -0.4 is 4.90 Å². The fraction of sp³-hybridized carbons (Fsp3) is 0.600. The number of rotatable bonds is 5. The molecule has 0 bridgehead atoms. The van der Waals surface area contributed by atoms with E-state index in [9.17, 15) is 28.4 Å². The number of nitro groups is 1. The smallest absolute Gasteiger partial charge is 0.388 e. The Bertz CT molecular complexity index is 459. The van der Waals surface area contributed by atoms with Gasteiger partial charge in [-0.1, -0.05) is 0 Å². The van der Waals surface area contributed by atoms with Gasteiger partial charge in [-0.25, -0.2) is 0 Å². The van der Waals surface area contributed by atoms with Gasteiger partial charge < -0.3 is 10.0 Å². The van der Waals surface area contributed by atoms with Crippen LogP contribution in [0.2, 0.25) is 0 Å². The van der Waals surface area contributed by atoms with Crippen LogP contribution in [-0.4, -0.2) is 29.3 Å². The number of anilines is 1. The van der Waals surface area contributed by atoms with Crippen molar-refractivity contribution in [3.63, 3.8) is 0 Å². The molecule has 0 aliphatic carbocycles. The van der Waals surface area contributed by atoms with Crippen LogP contribution in [0.4, 0.5) is 23.9 Å². The van der Waals surface area contributed by atoms with Crippen LogP contribution in [-0.2, 0) is 0 Å². The Morgan fingerprint density at radius 2 is 2.16 bits per heavy atom. The highest BCUT2D eigenvalue weighted by Crippen LogP contribution is 2.40. The zero-order valence-corrected chi connectivity index (χ0v) is 11.1. The van der Waals surface area contributed by atoms with E-state index in [0.717, 1.165) is 22.3 Å². The van der Waals surface area contributed by atoms with E-state index in [1.54, 1.807) is 0 Å². The summed E-state index contributed by atoms with van der Waals surface area (Å²) in [5.41, 5.74) is -0.410. The normalized spacial score (nSPS) is 13.4. The average Bonchev–Trinajstić information content (AvgIpc) is 2.69. The maximum absolute atomic E-state index is 12.4. The van der Waals surface area contributed by atoms with Crippen LogP contribution in [0.15, 0.2) is 6.07 Å². The minimum Gasteiger partial charge on any atom is -0.388 e. The molecule has 0 fully saturated rings. The fourth-order valence-electron chi connectivity index (χ4n) is 1.50. The lowest BCUT2D eigenvalue weighted by Gasteiger charge is -2.21. The van der Waals surface area contributed by atoms with Gasteiger partial charge in [-0.05, 0) is 13.8 Å². The van der Waals surface area contributed by atoms with Gasteiger partial charge in [0.1, 0.15) is 6.54 Å². The van der Waals surface area contributed by atoms with E-state index in [-0.39, 0.29) is 16.4 Å². The van der Waals surface area contributed by atoms with Gasteiger partial charge in [0.25, 0.3) is 0 Å². The van der Waals surface area contributed by atoms with Gasteiger partial charge in [-0.3, -0.25) is 10.1 Å². The predicted molar refractivity (Wildman–Crippen MR) is 65.5 cm³/mol. The lowest BCUT2D eigenvalue weighted by atomic mass is 10.3. The van der Waals surface area contributed by atoms with Crippen molar-refractivity contribution in [1.29, 1.82) is 0 Å². The van der Waals surface area contributed by atoms with Crippen molar-refractivity contribution in [3.8, 4) is 0 Å². The molecule has 1 aromatic rings. The Kier molecular flexibility index (Phi) is 4.75. The fourth-order valence-corrected chi connectivity index (χ4v) is 2.62. The summed E-state index contributed by atoms with van der Waals surface area (Å²) in [6.07, 6.45) is -5.40. The monoisotopic (exact) mass is 298 g/mol. The lowest BCUT2D eigenvalue weighted by molar-refractivity contribution is -0.383. The van der Waals surface area contributed by atoms with Crippen molar-refractivity contribution >= 4 is 22.0 Å². The molecule has 0 aliphatic rings. The number of thiophene rings is 1. The summed E-state index contributed by atoms with van der Waals surface area (Å²) in [4.78, 5) is 11.3. The molecule has 19 heavy (non-hydrogen) atoms.